The van der Waals surface area contributed by atoms with Crippen LogP contribution in [0.15, 0.2) is 47.2 Å². The second-order valence-corrected chi connectivity index (χ2v) is 8.56. The maximum atomic E-state index is 2.60. The normalized spacial score (nSPS) is 26.3. The third kappa shape index (κ3) is 5.04. The molecule has 0 N–H and O–H groups in total. The first kappa shape index (κ1) is 20.2. The van der Waals surface area contributed by atoms with Crippen molar-refractivity contribution in [3.05, 3.63) is 47.2 Å². The van der Waals surface area contributed by atoms with Crippen LogP contribution < -0.4 is 0 Å². The van der Waals surface area contributed by atoms with E-state index in [9.17, 15) is 0 Å². The van der Waals surface area contributed by atoms with E-state index in [1.165, 1.54) is 16.7 Å². The fourth-order valence-electron chi connectivity index (χ4n) is 2.91. The zero-order valence-corrected chi connectivity index (χ0v) is 17.1. The summed E-state index contributed by atoms with van der Waals surface area (Å²) in [6.45, 7) is 18.0. The second-order valence-electron chi connectivity index (χ2n) is 6.80. The van der Waals surface area contributed by atoms with Gasteiger partial charge in [-0.2, -0.15) is 0 Å². The Bertz CT molecular complexity index is 508. The molecular weight excluding hydrogens is 298 g/mol. The van der Waals surface area contributed by atoms with E-state index in [-0.39, 0.29) is 4.87 Å². The van der Waals surface area contributed by atoms with Crippen molar-refractivity contribution in [2.45, 2.75) is 84.4 Å². The zero-order valence-electron chi connectivity index (χ0n) is 16.3. The van der Waals surface area contributed by atoms with Crippen molar-refractivity contribution in [3.8, 4) is 0 Å². The Morgan fingerprint density at radius 1 is 1.26 bits per heavy atom. The standard InChI is InChI=1S/C21H35NS/c1-9-12-13-14-19(11-3)20(17(6)10-2)22(15-16(4)5)21(8)18(7)23-21/h10,12-15,18,20H,9,11H2,1-8H3/b13-12-,17-10-,19-14+. The molecule has 0 saturated carbocycles. The summed E-state index contributed by atoms with van der Waals surface area (Å²) < 4.78 is 0. The van der Waals surface area contributed by atoms with Crippen LogP contribution in [0.3, 0.4) is 0 Å². The van der Waals surface area contributed by atoms with Crippen molar-refractivity contribution in [1.82, 2.24) is 4.90 Å². The largest absolute Gasteiger partial charge is 0.352 e. The van der Waals surface area contributed by atoms with Gasteiger partial charge in [-0.1, -0.05) is 56.2 Å². The van der Waals surface area contributed by atoms with Gasteiger partial charge in [0.2, 0.25) is 0 Å². The number of thioether (sulfide) groups is 1. The van der Waals surface area contributed by atoms with E-state index in [1.807, 2.05) is 0 Å². The Hall–Kier alpha value is -0.890. The van der Waals surface area contributed by atoms with E-state index in [4.69, 9.17) is 0 Å². The Balaban J connectivity index is 3.34. The highest BCUT2D eigenvalue weighted by atomic mass is 32.2. The maximum Gasteiger partial charge on any atom is 0.0956 e. The minimum Gasteiger partial charge on any atom is -0.352 e. The molecular formula is C21H35NS. The molecule has 0 amide bonds. The van der Waals surface area contributed by atoms with E-state index >= 15 is 0 Å². The van der Waals surface area contributed by atoms with Crippen molar-refractivity contribution >= 4 is 11.8 Å². The van der Waals surface area contributed by atoms with Crippen LogP contribution in [-0.2, 0) is 0 Å². The monoisotopic (exact) mass is 333 g/mol. The average molecular weight is 334 g/mol. The second kappa shape index (κ2) is 8.82. The molecule has 1 aliphatic rings. The summed E-state index contributed by atoms with van der Waals surface area (Å²) in [6, 6.07) is 0.351. The van der Waals surface area contributed by atoms with E-state index in [1.54, 1.807) is 0 Å². The van der Waals surface area contributed by atoms with Crippen LogP contribution in [0.5, 0.6) is 0 Å². The van der Waals surface area contributed by atoms with Gasteiger partial charge in [0.15, 0.2) is 0 Å². The van der Waals surface area contributed by atoms with Crippen LogP contribution >= 0.6 is 11.8 Å². The van der Waals surface area contributed by atoms with Crippen molar-refractivity contribution in [1.29, 1.82) is 0 Å². The molecule has 1 rings (SSSR count). The Morgan fingerprint density at radius 2 is 1.87 bits per heavy atom. The molecule has 1 fully saturated rings. The molecule has 0 spiro atoms. The van der Waals surface area contributed by atoms with Gasteiger partial charge in [0, 0.05) is 5.25 Å². The van der Waals surface area contributed by atoms with Crippen LogP contribution in [0.2, 0.25) is 0 Å². The number of hydrogen-bond acceptors (Lipinski definition) is 2. The fourth-order valence-corrected chi connectivity index (χ4v) is 3.96. The van der Waals surface area contributed by atoms with Gasteiger partial charge in [-0.05, 0) is 59.2 Å². The minimum atomic E-state index is 0.203. The lowest BCUT2D eigenvalue weighted by molar-refractivity contribution is 0.257. The molecule has 1 saturated heterocycles. The maximum absolute atomic E-state index is 2.60. The first-order chi connectivity index (χ1) is 10.8. The van der Waals surface area contributed by atoms with Gasteiger partial charge in [0.25, 0.3) is 0 Å². The summed E-state index contributed by atoms with van der Waals surface area (Å²) in [6.07, 6.45) is 13.6. The summed E-state index contributed by atoms with van der Waals surface area (Å²) in [7, 11) is 0. The van der Waals surface area contributed by atoms with Gasteiger partial charge in [0.05, 0.1) is 10.9 Å². The Labute approximate surface area is 148 Å². The first-order valence-corrected chi connectivity index (χ1v) is 9.79. The highest BCUT2D eigenvalue weighted by molar-refractivity contribution is 8.08. The van der Waals surface area contributed by atoms with Gasteiger partial charge in [-0.3, -0.25) is 0 Å². The lowest BCUT2D eigenvalue weighted by Gasteiger charge is -2.38. The molecule has 0 aromatic heterocycles. The fraction of sp³-hybridized carbons (Fsp3) is 0.619. The predicted octanol–water partition coefficient (Wildman–Crippen LogP) is 6.70. The zero-order chi connectivity index (χ0) is 17.6. The third-order valence-corrected chi connectivity index (χ3v) is 6.23. The first-order valence-electron chi connectivity index (χ1n) is 8.91. The number of hydrogen-bond donors (Lipinski definition) is 0. The number of rotatable bonds is 8. The minimum absolute atomic E-state index is 0.203. The SMILES string of the molecule is C/C=C(/C)C(/C(=C/C=C\CC)CC)N(C=C(C)C)C1(C)SC1C. The van der Waals surface area contributed by atoms with Crippen molar-refractivity contribution < 1.29 is 0 Å². The average Bonchev–Trinajstić information content (AvgIpc) is 3.12. The Kier molecular flexibility index (Phi) is 7.73. The van der Waals surface area contributed by atoms with Crippen molar-refractivity contribution in [2.24, 2.45) is 0 Å². The summed E-state index contributed by atoms with van der Waals surface area (Å²) in [5, 5.41) is 0.676. The molecule has 0 bridgehead atoms. The van der Waals surface area contributed by atoms with Crippen molar-refractivity contribution in [3.63, 3.8) is 0 Å². The van der Waals surface area contributed by atoms with Gasteiger partial charge >= 0.3 is 0 Å². The molecule has 130 valence electrons. The van der Waals surface area contributed by atoms with E-state index < -0.39 is 0 Å². The highest BCUT2D eigenvalue weighted by Crippen LogP contribution is 2.57. The molecule has 23 heavy (non-hydrogen) atoms. The number of nitrogens with zero attached hydrogens (tertiary/aromatic N) is 1. The molecule has 2 heteroatoms. The van der Waals surface area contributed by atoms with Gasteiger partial charge in [-0.25, -0.2) is 0 Å². The topological polar surface area (TPSA) is 3.24 Å². The number of allylic oxidation sites excluding steroid dienone is 5. The van der Waals surface area contributed by atoms with Gasteiger partial charge < -0.3 is 4.90 Å². The summed E-state index contributed by atoms with van der Waals surface area (Å²) in [5.41, 5.74) is 4.28. The lowest BCUT2D eigenvalue weighted by atomic mass is 9.93. The van der Waals surface area contributed by atoms with Gasteiger partial charge in [-0.15, -0.1) is 11.8 Å². The van der Waals surface area contributed by atoms with Crippen LogP contribution in [0.25, 0.3) is 0 Å². The molecule has 1 aliphatic heterocycles. The quantitative estimate of drug-likeness (QED) is 0.276. The highest BCUT2D eigenvalue weighted by Gasteiger charge is 2.54. The summed E-state index contributed by atoms with van der Waals surface area (Å²) in [4.78, 5) is 2.80. The van der Waals surface area contributed by atoms with Crippen molar-refractivity contribution in [2.75, 3.05) is 0 Å². The van der Waals surface area contributed by atoms with Crippen LogP contribution in [0.1, 0.15) is 68.2 Å². The van der Waals surface area contributed by atoms with E-state index in [0.717, 1.165) is 12.8 Å². The summed E-state index contributed by atoms with van der Waals surface area (Å²) in [5.74, 6) is 0. The summed E-state index contributed by atoms with van der Waals surface area (Å²) >= 11 is 2.07. The molecule has 0 aromatic rings. The molecule has 0 radical (unpaired) electrons. The van der Waals surface area contributed by atoms with Crippen LogP contribution in [0.4, 0.5) is 0 Å². The Morgan fingerprint density at radius 3 is 2.26 bits per heavy atom. The van der Waals surface area contributed by atoms with Gasteiger partial charge in [0.1, 0.15) is 0 Å². The predicted molar refractivity (Wildman–Crippen MR) is 108 cm³/mol. The molecule has 3 atom stereocenters. The lowest BCUT2D eigenvalue weighted by Crippen LogP contribution is -2.43. The molecule has 1 nitrogen and oxygen atoms in total. The van der Waals surface area contributed by atoms with E-state index in [0.29, 0.717) is 11.3 Å². The molecule has 1 heterocycles. The van der Waals surface area contributed by atoms with E-state index in [2.05, 4.69) is 103 Å². The smallest absolute Gasteiger partial charge is 0.0956 e. The van der Waals surface area contributed by atoms with Crippen LogP contribution in [0, 0.1) is 0 Å². The molecule has 0 aliphatic carbocycles. The molecule has 3 unspecified atom stereocenters. The third-order valence-electron chi connectivity index (χ3n) is 4.63. The van der Waals surface area contributed by atoms with Crippen LogP contribution in [-0.4, -0.2) is 21.1 Å². The molecule has 0 aromatic carbocycles.